The molecule has 98 valence electrons. The predicted octanol–water partition coefficient (Wildman–Crippen LogP) is 3.89. The van der Waals surface area contributed by atoms with Gasteiger partial charge in [-0.3, -0.25) is 4.79 Å². The summed E-state index contributed by atoms with van der Waals surface area (Å²) in [6, 6.07) is 8.86. The van der Waals surface area contributed by atoms with E-state index in [1.54, 1.807) is 0 Å². The van der Waals surface area contributed by atoms with Crippen molar-refractivity contribution in [2.24, 2.45) is 0 Å². The third-order valence-electron chi connectivity index (χ3n) is 2.68. The molecule has 0 amide bonds. The van der Waals surface area contributed by atoms with Gasteiger partial charge in [0.05, 0.1) is 11.1 Å². The molecule has 0 saturated heterocycles. The fourth-order valence-corrected chi connectivity index (χ4v) is 1.70. The Balaban J connectivity index is 2.50. The minimum absolute atomic E-state index is 0.0370. The quantitative estimate of drug-likeness (QED) is 0.837. The van der Waals surface area contributed by atoms with Gasteiger partial charge in [0.1, 0.15) is 5.75 Å². The van der Waals surface area contributed by atoms with Crippen LogP contribution in [0, 0.1) is 0 Å². The minimum atomic E-state index is -4.42. The van der Waals surface area contributed by atoms with Crippen LogP contribution in [0.2, 0.25) is 0 Å². The number of carbonyl (C=O) groups excluding carboxylic acids is 1. The van der Waals surface area contributed by atoms with E-state index in [0.29, 0.717) is 17.4 Å². The van der Waals surface area contributed by atoms with Crippen molar-refractivity contribution in [3.63, 3.8) is 0 Å². The second-order valence-corrected chi connectivity index (χ2v) is 3.97. The molecule has 0 aliphatic heterocycles. The standard InChI is InChI=1S/C14H9F3O2/c15-14(16,17)12-3-1-2-9(7-12)10-4-5-13(19)11(6-10)8-18/h1-8,19H. The van der Waals surface area contributed by atoms with E-state index in [1.165, 1.54) is 30.3 Å². The molecule has 5 heteroatoms. The van der Waals surface area contributed by atoms with Gasteiger partial charge in [-0.25, -0.2) is 0 Å². The van der Waals surface area contributed by atoms with Gasteiger partial charge in [-0.1, -0.05) is 18.2 Å². The summed E-state index contributed by atoms with van der Waals surface area (Å²) in [7, 11) is 0. The SMILES string of the molecule is O=Cc1cc(-c2cccc(C(F)(F)F)c2)ccc1O. The lowest BCUT2D eigenvalue weighted by molar-refractivity contribution is -0.137. The average molecular weight is 266 g/mol. The molecule has 0 aliphatic rings. The van der Waals surface area contributed by atoms with Crippen molar-refractivity contribution in [3.05, 3.63) is 53.6 Å². The summed E-state index contributed by atoms with van der Waals surface area (Å²) in [5, 5.41) is 9.35. The summed E-state index contributed by atoms with van der Waals surface area (Å²) < 4.78 is 37.8. The average Bonchev–Trinajstić information content (AvgIpc) is 2.38. The third-order valence-corrected chi connectivity index (χ3v) is 2.68. The van der Waals surface area contributed by atoms with Crippen LogP contribution >= 0.6 is 0 Å². The first-order chi connectivity index (χ1) is 8.91. The molecule has 0 spiro atoms. The maximum absolute atomic E-state index is 12.6. The van der Waals surface area contributed by atoms with Crippen LogP contribution in [0.15, 0.2) is 42.5 Å². The van der Waals surface area contributed by atoms with Gasteiger partial charge in [-0.15, -0.1) is 0 Å². The van der Waals surface area contributed by atoms with Crippen LogP contribution in [0.4, 0.5) is 13.2 Å². The number of halogens is 3. The normalized spacial score (nSPS) is 11.3. The van der Waals surface area contributed by atoms with Gasteiger partial charge in [0.25, 0.3) is 0 Å². The van der Waals surface area contributed by atoms with Crippen LogP contribution in [0.25, 0.3) is 11.1 Å². The van der Waals surface area contributed by atoms with E-state index in [0.717, 1.165) is 12.1 Å². The summed E-state index contributed by atoms with van der Waals surface area (Å²) in [5.41, 5.74) is 0.0459. The largest absolute Gasteiger partial charge is 0.507 e. The highest BCUT2D eigenvalue weighted by atomic mass is 19.4. The van der Waals surface area contributed by atoms with E-state index in [-0.39, 0.29) is 11.3 Å². The number of rotatable bonds is 2. The Morgan fingerprint density at radius 3 is 2.32 bits per heavy atom. The fourth-order valence-electron chi connectivity index (χ4n) is 1.70. The highest BCUT2D eigenvalue weighted by Crippen LogP contribution is 2.33. The summed E-state index contributed by atoms with van der Waals surface area (Å²) in [4.78, 5) is 10.7. The molecular formula is C14H9F3O2. The van der Waals surface area contributed by atoms with Crippen LogP contribution in [-0.2, 0) is 6.18 Å². The summed E-state index contributed by atoms with van der Waals surface area (Å²) >= 11 is 0. The molecule has 2 aromatic rings. The molecule has 0 bridgehead atoms. The first-order valence-electron chi connectivity index (χ1n) is 5.37. The topological polar surface area (TPSA) is 37.3 Å². The van der Waals surface area contributed by atoms with Crippen LogP contribution in [0.3, 0.4) is 0 Å². The first-order valence-corrected chi connectivity index (χ1v) is 5.37. The molecule has 0 aliphatic carbocycles. The fraction of sp³-hybridized carbons (Fsp3) is 0.0714. The smallest absolute Gasteiger partial charge is 0.416 e. The Kier molecular flexibility index (Phi) is 3.29. The van der Waals surface area contributed by atoms with E-state index >= 15 is 0 Å². The number of phenolic OH excluding ortho intramolecular Hbond substituents is 1. The molecule has 19 heavy (non-hydrogen) atoms. The van der Waals surface area contributed by atoms with Gasteiger partial charge >= 0.3 is 6.18 Å². The Morgan fingerprint density at radius 1 is 1.00 bits per heavy atom. The zero-order chi connectivity index (χ0) is 14.0. The second-order valence-electron chi connectivity index (χ2n) is 3.97. The zero-order valence-electron chi connectivity index (χ0n) is 9.61. The molecule has 0 unspecified atom stereocenters. The van der Waals surface area contributed by atoms with Gasteiger partial charge in [0.15, 0.2) is 6.29 Å². The summed E-state index contributed by atoms with van der Waals surface area (Å²) in [6.07, 6.45) is -3.97. The third kappa shape index (κ3) is 2.76. The monoisotopic (exact) mass is 266 g/mol. The molecule has 0 aromatic heterocycles. The van der Waals surface area contributed by atoms with Crippen molar-refractivity contribution in [2.45, 2.75) is 6.18 Å². The molecular weight excluding hydrogens is 257 g/mol. The highest BCUT2D eigenvalue weighted by molar-refractivity contribution is 5.82. The van der Waals surface area contributed by atoms with Gasteiger partial charge < -0.3 is 5.11 Å². The van der Waals surface area contributed by atoms with Crippen LogP contribution in [0.5, 0.6) is 5.75 Å². The van der Waals surface area contributed by atoms with E-state index in [4.69, 9.17) is 0 Å². The number of alkyl halides is 3. The van der Waals surface area contributed by atoms with E-state index in [1.807, 2.05) is 0 Å². The van der Waals surface area contributed by atoms with Gasteiger partial charge in [0.2, 0.25) is 0 Å². The lowest BCUT2D eigenvalue weighted by Gasteiger charge is -2.09. The van der Waals surface area contributed by atoms with Crippen molar-refractivity contribution in [1.29, 1.82) is 0 Å². The lowest BCUT2D eigenvalue weighted by Crippen LogP contribution is -2.04. The Hall–Kier alpha value is -2.30. The van der Waals surface area contributed by atoms with Crippen molar-refractivity contribution in [2.75, 3.05) is 0 Å². The number of aldehydes is 1. The number of benzene rings is 2. The Bertz CT molecular complexity index is 618. The summed E-state index contributed by atoms with van der Waals surface area (Å²) in [6.45, 7) is 0. The van der Waals surface area contributed by atoms with Crippen molar-refractivity contribution in [1.82, 2.24) is 0 Å². The molecule has 0 radical (unpaired) electrons. The lowest BCUT2D eigenvalue weighted by atomic mass is 10.0. The number of carbonyl (C=O) groups is 1. The molecule has 0 atom stereocenters. The van der Waals surface area contributed by atoms with Gasteiger partial charge in [-0.2, -0.15) is 13.2 Å². The number of phenols is 1. The van der Waals surface area contributed by atoms with Crippen LogP contribution < -0.4 is 0 Å². The van der Waals surface area contributed by atoms with Crippen LogP contribution in [0.1, 0.15) is 15.9 Å². The number of hydrogen-bond acceptors (Lipinski definition) is 2. The zero-order valence-corrected chi connectivity index (χ0v) is 9.61. The van der Waals surface area contributed by atoms with Gasteiger partial charge in [-0.05, 0) is 35.4 Å². The molecule has 1 N–H and O–H groups in total. The van der Waals surface area contributed by atoms with E-state index in [2.05, 4.69) is 0 Å². The van der Waals surface area contributed by atoms with Crippen LogP contribution in [-0.4, -0.2) is 11.4 Å². The molecule has 2 aromatic carbocycles. The number of hydrogen-bond donors (Lipinski definition) is 1. The maximum Gasteiger partial charge on any atom is 0.416 e. The number of aromatic hydroxyl groups is 1. The molecule has 0 fully saturated rings. The maximum atomic E-state index is 12.6. The van der Waals surface area contributed by atoms with E-state index in [9.17, 15) is 23.1 Å². The van der Waals surface area contributed by atoms with Crippen molar-refractivity contribution < 1.29 is 23.1 Å². The molecule has 2 nitrogen and oxygen atoms in total. The molecule has 0 heterocycles. The Labute approximate surface area is 107 Å². The molecule has 2 rings (SSSR count). The summed E-state index contributed by atoms with van der Waals surface area (Å²) in [5.74, 6) is -0.203. The predicted molar refractivity (Wildman–Crippen MR) is 63.9 cm³/mol. The van der Waals surface area contributed by atoms with E-state index < -0.39 is 11.7 Å². The highest BCUT2D eigenvalue weighted by Gasteiger charge is 2.30. The Morgan fingerprint density at radius 2 is 1.68 bits per heavy atom. The first kappa shape index (κ1) is 13.1. The minimum Gasteiger partial charge on any atom is -0.507 e. The van der Waals surface area contributed by atoms with Gasteiger partial charge in [0, 0.05) is 0 Å². The van der Waals surface area contributed by atoms with Crippen molar-refractivity contribution >= 4 is 6.29 Å². The molecule has 0 saturated carbocycles. The second kappa shape index (κ2) is 4.76. The van der Waals surface area contributed by atoms with Crippen molar-refractivity contribution in [3.8, 4) is 16.9 Å².